The molecular formula is C14H19N3O2. The van der Waals surface area contributed by atoms with Crippen molar-refractivity contribution in [2.75, 3.05) is 19.6 Å². The van der Waals surface area contributed by atoms with Crippen LogP contribution in [0.1, 0.15) is 17.9 Å². The summed E-state index contributed by atoms with van der Waals surface area (Å²) in [6.07, 6.45) is 0.646. The molecule has 1 saturated heterocycles. The van der Waals surface area contributed by atoms with Crippen molar-refractivity contribution in [2.45, 2.75) is 12.3 Å². The molecule has 5 nitrogen and oxygen atoms in total. The molecule has 1 aliphatic rings. The van der Waals surface area contributed by atoms with Crippen LogP contribution in [0.4, 0.5) is 0 Å². The van der Waals surface area contributed by atoms with E-state index in [1.807, 2.05) is 30.3 Å². The maximum absolute atomic E-state index is 12.4. The number of nitrogens with two attached hydrogens (primary N) is 2. The highest BCUT2D eigenvalue weighted by molar-refractivity contribution is 5.85. The molecule has 2 rings (SSSR count). The number of hydrogen-bond donors (Lipinski definition) is 2. The van der Waals surface area contributed by atoms with Gasteiger partial charge in [-0.3, -0.25) is 9.59 Å². The predicted molar refractivity (Wildman–Crippen MR) is 72.1 cm³/mol. The molecule has 0 aromatic heterocycles. The number of amides is 2. The maximum atomic E-state index is 12.4. The van der Waals surface area contributed by atoms with Crippen LogP contribution in [0.25, 0.3) is 0 Å². The first kappa shape index (κ1) is 13.5. The molecule has 4 N–H and O–H groups in total. The Balaban J connectivity index is 2.08. The van der Waals surface area contributed by atoms with E-state index in [1.165, 1.54) is 0 Å². The monoisotopic (exact) mass is 261 g/mol. The third-order valence-corrected chi connectivity index (χ3v) is 3.64. The van der Waals surface area contributed by atoms with Crippen LogP contribution in [0, 0.1) is 5.92 Å². The zero-order valence-electron chi connectivity index (χ0n) is 10.8. The summed E-state index contributed by atoms with van der Waals surface area (Å²) >= 11 is 0. The summed E-state index contributed by atoms with van der Waals surface area (Å²) < 4.78 is 0. The lowest BCUT2D eigenvalue weighted by Gasteiger charge is -2.22. The number of nitrogens with zero attached hydrogens (tertiary/aromatic N) is 1. The van der Waals surface area contributed by atoms with Crippen LogP contribution < -0.4 is 11.5 Å². The van der Waals surface area contributed by atoms with Gasteiger partial charge >= 0.3 is 0 Å². The van der Waals surface area contributed by atoms with Gasteiger partial charge in [0.15, 0.2) is 0 Å². The number of benzene rings is 1. The van der Waals surface area contributed by atoms with Gasteiger partial charge in [-0.05, 0) is 12.0 Å². The van der Waals surface area contributed by atoms with Crippen LogP contribution in [0.5, 0.6) is 0 Å². The van der Waals surface area contributed by atoms with E-state index in [2.05, 4.69) is 0 Å². The van der Waals surface area contributed by atoms with E-state index in [-0.39, 0.29) is 30.2 Å². The molecule has 0 spiro atoms. The van der Waals surface area contributed by atoms with Crippen LogP contribution >= 0.6 is 0 Å². The quantitative estimate of drug-likeness (QED) is 0.803. The molecule has 1 aromatic rings. The zero-order valence-corrected chi connectivity index (χ0v) is 10.8. The van der Waals surface area contributed by atoms with Crippen LogP contribution in [0.3, 0.4) is 0 Å². The minimum Gasteiger partial charge on any atom is -0.369 e. The van der Waals surface area contributed by atoms with Gasteiger partial charge in [-0.25, -0.2) is 0 Å². The Labute approximate surface area is 112 Å². The van der Waals surface area contributed by atoms with Crippen molar-refractivity contribution in [3.8, 4) is 0 Å². The lowest BCUT2D eigenvalue weighted by molar-refractivity contribution is -0.131. The van der Waals surface area contributed by atoms with Gasteiger partial charge in [0, 0.05) is 19.6 Å². The van der Waals surface area contributed by atoms with E-state index in [9.17, 15) is 9.59 Å². The summed E-state index contributed by atoms with van der Waals surface area (Å²) in [7, 11) is 0. The summed E-state index contributed by atoms with van der Waals surface area (Å²) in [5.74, 6) is -0.914. The third kappa shape index (κ3) is 2.93. The Morgan fingerprint density at radius 1 is 1.32 bits per heavy atom. The van der Waals surface area contributed by atoms with E-state index in [0.29, 0.717) is 19.5 Å². The van der Waals surface area contributed by atoms with Gasteiger partial charge in [0.1, 0.15) is 0 Å². The Morgan fingerprint density at radius 3 is 2.53 bits per heavy atom. The predicted octanol–water partition coefficient (Wildman–Crippen LogP) is 0.0627. The molecule has 0 bridgehead atoms. The van der Waals surface area contributed by atoms with Crippen molar-refractivity contribution in [3.05, 3.63) is 35.9 Å². The minimum absolute atomic E-state index is 0.0162. The van der Waals surface area contributed by atoms with Crippen molar-refractivity contribution in [1.29, 1.82) is 0 Å². The first-order valence-corrected chi connectivity index (χ1v) is 6.46. The molecular weight excluding hydrogens is 242 g/mol. The summed E-state index contributed by atoms with van der Waals surface area (Å²) in [6.45, 7) is 1.26. The molecule has 19 heavy (non-hydrogen) atoms. The van der Waals surface area contributed by atoms with Crippen molar-refractivity contribution in [3.63, 3.8) is 0 Å². The number of likely N-dealkylation sites (tertiary alicyclic amines) is 1. The standard InChI is InChI=1S/C14H19N3O2/c15-8-12(10-4-2-1-3-5-10)14(19)17-7-6-11(9-17)13(16)18/h1-5,11-12H,6-9,15H2,(H2,16,18). The summed E-state index contributed by atoms with van der Waals surface area (Å²) in [5.41, 5.74) is 11.9. The van der Waals surface area contributed by atoms with E-state index in [4.69, 9.17) is 11.5 Å². The molecule has 1 aromatic carbocycles. The topological polar surface area (TPSA) is 89.4 Å². The number of hydrogen-bond acceptors (Lipinski definition) is 3. The second-order valence-electron chi connectivity index (χ2n) is 4.87. The SMILES string of the molecule is NCC(C(=O)N1CCC(C(N)=O)C1)c1ccccc1. The second kappa shape index (κ2) is 5.84. The van der Waals surface area contributed by atoms with Crippen molar-refractivity contribution in [1.82, 2.24) is 4.90 Å². The highest BCUT2D eigenvalue weighted by Crippen LogP contribution is 2.22. The largest absolute Gasteiger partial charge is 0.369 e. The van der Waals surface area contributed by atoms with Gasteiger partial charge in [-0.2, -0.15) is 0 Å². The third-order valence-electron chi connectivity index (χ3n) is 3.64. The Hall–Kier alpha value is -1.88. The second-order valence-corrected chi connectivity index (χ2v) is 4.87. The average Bonchev–Trinajstić information content (AvgIpc) is 2.90. The highest BCUT2D eigenvalue weighted by atomic mass is 16.2. The number of carbonyl (C=O) groups excluding carboxylic acids is 2. The molecule has 1 heterocycles. The van der Waals surface area contributed by atoms with Gasteiger partial charge in [0.25, 0.3) is 0 Å². The van der Waals surface area contributed by atoms with Gasteiger partial charge in [-0.1, -0.05) is 30.3 Å². The van der Waals surface area contributed by atoms with Crippen LogP contribution in [-0.2, 0) is 9.59 Å². The molecule has 0 saturated carbocycles. The molecule has 1 fully saturated rings. The van der Waals surface area contributed by atoms with Crippen LogP contribution in [0.2, 0.25) is 0 Å². The molecule has 0 aliphatic carbocycles. The fourth-order valence-corrected chi connectivity index (χ4v) is 2.48. The van der Waals surface area contributed by atoms with E-state index >= 15 is 0 Å². The lowest BCUT2D eigenvalue weighted by Crippen LogP contribution is -2.37. The summed E-state index contributed by atoms with van der Waals surface area (Å²) in [4.78, 5) is 25.3. The van der Waals surface area contributed by atoms with Crippen molar-refractivity contribution >= 4 is 11.8 Å². The van der Waals surface area contributed by atoms with Gasteiger partial charge in [-0.15, -0.1) is 0 Å². The van der Waals surface area contributed by atoms with E-state index in [1.54, 1.807) is 4.90 Å². The van der Waals surface area contributed by atoms with E-state index in [0.717, 1.165) is 5.56 Å². The first-order chi connectivity index (χ1) is 9.13. The smallest absolute Gasteiger partial charge is 0.231 e. The van der Waals surface area contributed by atoms with Crippen molar-refractivity contribution < 1.29 is 9.59 Å². The maximum Gasteiger partial charge on any atom is 0.231 e. The molecule has 0 radical (unpaired) electrons. The number of rotatable bonds is 4. The fraction of sp³-hybridized carbons (Fsp3) is 0.429. The molecule has 2 unspecified atom stereocenters. The van der Waals surface area contributed by atoms with Crippen molar-refractivity contribution in [2.24, 2.45) is 17.4 Å². The first-order valence-electron chi connectivity index (χ1n) is 6.46. The van der Waals surface area contributed by atoms with E-state index < -0.39 is 0 Å². The lowest BCUT2D eigenvalue weighted by atomic mass is 9.98. The molecule has 5 heteroatoms. The van der Waals surface area contributed by atoms with Gasteiger partial charge in [0.05, 0.1) is 11.8 Å². The number of carbonyl (C=O) groups is 2. The molecule has 2 amide bonds. The summed E-state index contributed by atoms with van der Waals surface area (Å²) in [6, 6.07) is 9.48. The normalized spacial score (nSPS) is 20.3. The highest BCUT2D eigenvalue weighted by Gasteiger charge is 2.33. The summed E-state index contributed by atoms with van der Waals surface area (Å²) in [5, 5.41) is 0. The van der Waals surface area contributed by atoms with Crippen LogP contribution in [-0.4, -0.2) is 36.3 Å². The van der Waals surface area contributed by atoms with Gasteiger partial charge in [0.2, 0.25) is 11.8 Å². The fourth-order valence-electron chi connectivity index (χ4n) is 2.48. The van der Waals surface area contributed by atoms with Crippen LogP contribution in [0.15, 0.2) is 30.3 Å². The Kier molecular flexibility index (Phi) is 4.16. The number of primary amides is 1. The van der Waals surface area contributed by atoms with Gasteiger partial charge < -0.3 is 16.4 Å². The molecule has 2 atom stereocenters. The minimum atomic E-state index is -0.340. The molecule has 102 valence electrons. The zero-order chi connectivity index (χ0) is 13.8. The Bertz CT molecular complexity index is 461. The molecule has 1 aliphatic heterocycles. The Morgan fingerprint density at radius 2 is 2.00 bits per heavy atom. The average molecular weight is 261 g/mol.